The number of carbonyl (C=O) groups is 1. The van der Waals surface area contributed by atoms with Crippen LogP contribution in [0.15, 0.2) is 47.4 Å². The molecule has 0 spiro atoms. The molecule has 28 heavy (non-hydrogen) atoms. The fraction of sp³-hybridized carbons (Fsp3) is 0.409. The Bertz CT molecular complexity index is 944. The molecular formula is C22H28N2O3S. The number of hydrogen-bond acceptors (Lipinski definition) is 3. The van der Waals surface area contributed by atoms with E-state index in [0.717, 1.165) is 19.3 Å². The van der Waals surface area contributed by atoms with E-state index in [2.05, 4.69) is 19.2 Å². The van der Waals surface area contributed by atoms with Gasteiger partial charge in [0.25, 0.3) is 5.91 Å². The summed E-state index contributed by atoms with van der Waals surface area (Å²) >= 11 is 0. The van der Waals surface area contributed by atoms with E-state index in [0.29, 0.717) is 35.8 Å². The number of carbonyl (C=O) groups excluding carboxylic acids is 1. The summed E-state index contributed by atoms with van der Waals surface area (Å²) in [4.78, 5) is 12.9. The second kappa shape index (κ2) is 8.45. The molecule has 1 saturated heterocycles. The predicted octanol–water partition coefficient (Wildman–Crippen LogP) is 4.55. The number of hydrogen-bond donors (Lipinski definition) is 1. The van der Waals surface area contributed by atoms with Gasteiger partial charge in [-0.3, -0.25) is 4.79 Å². The van der Waals surface area contributed by atoms with E-state index in [1.807, 2.05) is 24.3 Å². The van der Waals surface area contributed by atoms with Crippen molar-refractivity contribution in [2.45, 2.75) is 50.8 Å². The smallest absolute Gasteiger partial charge is 0.255 e. The van der Waals surface area contributed by atoms with Gasteiger partial charge in [-0.05, 0) is 61.1 Å². The molecule has 150 valence electrons. The Hall–Kier alpha value is -2.18. The van der Waals surface area contributed by atoms with Crippen molar-refractivity contribution in [2.24, 2.45) is 0 Å². The summed E-state index contributed by atoms with van der Waals surface area (Å²) in [6.07, 6.45) is 2.82. The van der Waals surface area contributed by atoms with E-state index in [1.165, 1.54) is 15.9 Å². The first-order valence-corrected chi connectivity index (χ1v) is 11.2. The quantitative estimate of drug-likeness (QED) is 0.801. The molecule has 0 unspecified atom stereocenters. The summed E-state index contributed by atoms with van der Waals surface area (Å²) < 4.78 is 27.6. The van der Waals surface area contributed by atoms with Gasteiger partial charge < -0.3 is 5.32 Å². The van der Waals surface area contributed by atoms with Crippen molar-refractivity contribution in [3.05, 3.63) is 59.2 Å². The summed E-state index contributed by atoms with van der Waals surface area (Å²) in [5.74, 6) is 0.108. The number of anilines is 1. The molecule has 1 fully saturated rings. The normalized spacial score (nSPS) is 15.6. The molecule has 2 aromatic rings. The third-order valence-corrected chi connectivity index (χ3v) is 7.26. The number of piperidine rings is 1. The van der Waals surface area contributed by atoms with Crippen LogP contribution < -0.4 is 5.32 Å². The van der Waals surface area contributed by atoms with Gasteiger partial charge in [0.15, 0.2) is 0 Å². The lowest BCUT2D eigenvalue weighted by Crippen LogP contribution is -2.36. The number of amides is 1. The number of nitrogens with one attached hydrogen (secondary N) is 1. The SMILES string of the molecule is Cc1ccc(C(=O)Nc2ccc(C(C)C)cc2)cc1S(=O)(=O)N1CCCCC1. The first-order valence-electron chi connectivity index (χ1n) is 9.81. The van der Waals surface area contributed by atoms with Gasteiger partial charge >= 0.3 is 0 Å². The monoisotopic (exact) mass is 400 g/mol. The fourth-order valence-corrected chi connectivity index (χ4v) is 5.19. The third kappa shape index (κ3) is 4.45. The molecule has 2 aromatic carbocycles. The highest BCUT2D eigenvalue weighted by Crippen LogP contribution is 2.25. The average Bonchev–Trinajstić information content (AvgIpc) is 2.69. The Kier molecular flexibility index (Phi) is 6.20. The van der Waals surface area contributed by atoms with Crippen LogP contribution in [0.3, 0.4) is 0 Å². The van der Waals surface area contributed by atoms with Crippen LogP contribution in [0.4, 0.5) is 5.69 Å². The van der Waals surface area contributed by atoms with Crippen molar-refractivity contribution in [3.8, 4) is 0 Å². The highest BCUT2D eigenvalue weighted by molar-refractivity contribution is 7.89. The van der Waals surface area contributed by atoms with Crippen LogP contribution in [0, 0.1) is 6.92 Å². The fourth-order valence-electron chi connectivity index (χ4n) is 3.42. The lowest BCUT2D eigenvalue weighted by atomic mass is 10.0. The van der Waals surface area contributed by atoms with Crippen molar-refractivity contribution in [1.82, 2.24) is 4.31 Å². The van der Waals surface area contributed by atoms with Crippen molar-refractivity contribution < 1.29 is 13.2 Å². The Balaban J connectivity index is 1.83. The molecule has 0 atom stereocenters. The maximum atomic E-state index is 13.0. The van der Waals surface area contributed by atoms with E-state index >= 15 is 0 Å². The minimum absolute atomic E-state index is 0.220. The number of benzene rings is 2. The zero-order chi connectivity index (χ0) is 20.3. The largest absolute Gasteiger partial charge is 0.322 e. The number of sulfonamides is 1. The number of aryl methyl sites for hydroxylation is 1. The van der Waals surface area contributed by atoms with Crippen LogP contribution in [0.1, 0.15) is 60.5 Å². The average molecular weight is 401 g/mol. The molecule has 5 nitrogen and oxygen atoms in total. The van der Waals surface area contributed by atoms with Gasteiger partial charge in [-0.1, -0.05) is 38.5 Å². The van der Waals surface area contributed by atoms with Crippen molar-refractivity contribution in [2.75, 3.05) is 18.4 Å². The van der Waals surface area contributed by atoms with E-state index in [-0.39, 0.29) is 10.8 Å². The number of rotatable bonds is 5. The first-order chi connectivity index (χ1) is 13.3. The summed E-state index contributed by atoms with van der Waals surface area (Å²) in [6.45, 7) is 7.08. The molecule has 0 aromatic heterocycles. The maximum Gasteiger partial charge on any atom is 0.255 e. The van der Waals surface area contributed by atoms with Gasteiger partial charge in [0.1, 0.15) is 0 Å². The van der Waals surface area contributed by atoms with Gasteiger partial charge in [0, 0.05) is 24.3 Å². The molecule has 3 rings (SSSR count). The zero-order valence-corrected chi connectivity index (χ0v) is 17.6. The van der Waals surface area contributed by atoms with Crippen molar-refractivity contribution in [3.63, 3.8) is 0 Å². The second-order valence-corrected chi connectivity index (χ2v) is 9.58. The minimum atomic E-state index is -3.58. The first kappa shape index (κ1) is 20.6. The molecule has 1 heterocycles. The van der Waals surface area contributed by atoms with E-state index in [9.17, 15) is 13.2 Å². The molecule has 1 aliphatic rings. The summed E-state index contributed by atoms with van der Waals surface area (Å²) in [7, 11) is -3.58. The lowest BCUT2D eigenvalue weighted by Gasteiger charge is -2.26. The van der Waals surface area contributed by atoms with E-state index in [1.54, 1.807) is 19.1 Å². The molecular weight excluding hydrogens is 372 g/mol. The van der Waals surface area contributed by atoms with Crippen LogP contribution in [-0.4, -0.2) is 31.7 Å². The summed E-state index contributed by atoms with van der Waals surface area (Å²) in [5.41, 5.74) is 2.89. The van der Waals surface area contributed by atoms with Crippen LogP contribution in [-0.2, 0) is 10.0 Å². The van der Waals surface area contributed by atoms with Gasteiger partial charge in [0.05, 0.1) is 4.90 Å². The van der Waals surface area contributed by atoms with E-state index < -0.39 is 10.0 Å². The highest BCUT2D eigenvalue weighted by Gasteiger charge is 2.28. The van der Waals surface area contributed by atoms with Crippen LogP contribution >= 0.6 is 0 Å². The predicted molar refractivity (Wildman–Crippen MR) is 112 cm³/mol. The van der Waals surface area contributed by atoms with Crippen molar-refractivity contribution >= 4 is 21.6 Å². The lowest BCUT2D eigenvalue weighted by molar-refractivity contribution is 0.102. The minimum Gasteiger partial charge on any atom is -0.322 e. The molecule has 1 N–H and O–H groups in total. The van der Waals surface area contributed by atoms with Crippen LogP contribution in [0.25, 0.3) is 0 Å². The maximum absolute atomic E-state index is 13.0. The zero-order valence-electron chi connectivity index (χ0n) is 16.7. The Labute approximate surface area is 167 Å². The Morgan fingerprint density at radius 2 is 1.64 bits per heavy atom. The van der Waals surface area contributed by atoms with Crippen LogP contribution in [0.2, 0.25) is 0 Å². The van der Waals surface area contributed by atoms with Gasteiger partial charge in [-0.15, -0.1) is 0 Å². The second-order valence-electron chi connectivity index (χ2n) is 7.68. The molecule has 0 bridgehead atoms. The van der Waals surface area contributed by atoms with Crippen LogP contribution in [0.5, 0.6) is 0 Å². The highest BCUT2D eigenvalue weighted by atomic mass is 32.2. The Morgan fingerprint density at radius 1 is 1.00 bits per heavy atom. The van der Waals surface area contributed by atoms with Crippen molar-refractivity contribution in [1.29, 1.82) is 0 Å². The molecule has 0 saturated carbocycles. The molecule has 1 amide bonds. The van der Waals surface area contributed by atoms with E-state index in [4.69, 9.17) is 0 Å². The topological polar surface area (TPSA) is 66.5 Å². The van der Waals surface area contributed by atoms with Gasteiger partial charge in [-0.25, -0.2) is 8.42 Å². The standard InChI is InChI=1S/C22H28N2O3S/c1-16(2)18-9-11-20(12-10-18)23-22(25)19-8-7-17(3)21(15-19)28(26,27)24-13-5-4-6-14-24/h7-12,15-16H,4-6,13-14H2,1-3H3,(H,23,25). The molecule has 0 radical (unpaired) electrons. The number of nitrogens with zero attached hydrogens (tertiary/aromatic N) is 1. The molecule has 1 aliphatic heterocycles. The van der Waals surface area contributed by atoms with Gasteiger partial charge in [0.2, 0.25) is 10.0 Å². The molecule has 0 aliphatic carbocycles. The Morgan fingerprint density at radius 3 is 2.25 bits per heavy atom. The summed E-state index contributed by atoms with van der Waals surface area (Å²) in [6, 6.07) is 12.6. The van der Waals surface area contributed by atoms with Gasteiger partial charge in [-0.2, -0.15) is 4.31 Å². The summed E-state index contributed by atoms with van der Waals surface area (Å²) in [5, 5.41) is 2.85. The molecule has 6 heteroatoms. The third-order valence-electron chi connectivity index (χ3n) is 5.22.